The van der Waals surface area contributed by atoms with Crippen molar-refractivity contribution in [1.29, 1.82) is 0 Å². The van der Waals surface area contributed by atoms with Crippen molar-refractivity contribution in [3.63, 3.8) is 0 Å². The number of carbonyl (C=O) groups is 4. The summed E-state index contributed by atoms with van der Waals surface area (Å²) in [6.07, 6.45) is 2.85. The van der Waals surface area contributed by atoms with Crippen LogP contribution in [0.5, 0.6) is 5.75 Å². The first-order valence-electron chi connectivity index (χ1n) is 15.0. The number of anilines is 1. The second kappa shape index (κ2) is 11.9. The zero-order chi connectivity index (χ0) is 31.8. The molecule has 0 radical (unpaired) electrons. The minimum absolute atomic E-state index is 0.0349. The smallest absolute Gasteiger partial charge is 0.306 e. The van der Waals surface area contributed by atoms with Crippen LogP contribution in [0.2, 0.25) is 0 Å². The minimum atomic E-state index is -0.943. The Balaban J connectivity index is 1.27. The third kappa shape index (κ3) is 6.37. The Kier molecular flexibility index (Phi) is 8.34. The number of benzene rings is 2. The predicted octanol–water partition coefficient (Wildman–Crippen LogP) is 3.50. The molecule has 232 valence electrons. The molecule has 44 heavy (non-hydrogen) atoms. The van der Waals surface area contributed by atoms with Crippen molar-refractivity contribution in [1.82, 2.24) is 9.80 Å². The van der Waals surface area contributed by atoms with Gasteiger partial charge in [-0.25, -0.2) is 0 Å². The third-order valence-corrected chi connectivity index (χ3v) is 8.69. The van der Waals surface area contributed by atoms with E-state index in [1.807, 2.05) is 11.0 Å². The highest BCUT2D eigenvalue weighted by Crippen LogP contribution is 2.57. The van der Waals surface area contributed by atoms with Crippen LogP contribution >= 0.6 is 0 Å². The van der Waals surface area contributed by atoms with Gasteiger partial charge in [-0.2, -0.15) is 0 Å². The lowest BCUT2D eigenvalue weighted by Crippen LogP contribution is -2.45. The molecule has 0 unspecified atom stereocenters. The average molecular weight is 601 g/mol. The number of esters is 1. The number of nitrogens with two attached hydrogens (primary N) is 2. The summed E-state index contributed by atoms with van der Waals surface area (Å²) in [4.78, 5) is 54.6. The van der Waals surface area contributed by atoms with Gasteiger partial charge >= 0.3 is 5.97 Å². The highest BCUT2D eigenvalue weighted by atomic mass is 16.6. The maximum atomic E-state index is 13.3. The molecule has 1 saturated heterocycles. The lowest BCUT2D eigenvalue weighted by Gasteiger charge is -2.33. The number of likely N-dealkylation sites (tertiary alicyclic amines) is 1. The number of primary amides is 1. The topological polar surface area (TPSA) is 145 Å². The van der Waals surface area contributed by atoms with Crippen LogP contribution < -0.4 is 16.2 Å². The van der Waals surface area contributed by atoms with Gasteiger partial charge in [0.15, 0.2) is 0 Å². The number of piperidine rings is 1. The molecule has 2 aromatic carbocycles. The van der Waals surface area contributed by atoms with E-state index in [1.165, 1.54) is 12.0 Å². The van der Waals surface area contributed by atoms with Crippen LogP contribution in [0, 0.1) is 23.2 Å². The third-order valence-electron chi connectivity index (χ3n) is 8.69. The van der Waals surface area contributed by atoms with Gasteiger partial charge in [0.1, 0.15) is 17.4 Å². The molecule has 0 bridgehead atoms. The average Bonchev–Trinajstić information content (AvgIpc) is 3.51. The molecule has 4 N–H and O–H groups in total. The van der Waals surface area contributed by atoms with E-state index in [1.54, 1.807) is 51.1 Å². The summed E-state index contributed by atoms with van der Waals surface area (Å²) in [7, 11) is 1.53. The largest absolute Gasteiger partial charge is 0.495 e. The number of amides is 3. The van der Waals surface area contributed by atoms with Crippen molar-refractivity contribution < 1.29 is 28.7 Å². The van der Waals surface area contributed by atoms with E-state index in [0.29, 0.717) is 35.7 Å². The van der Waals surface area contributed by atoms with Gasteiger partial charge in [0.25, 0.3) is 11.8 Å². The van der Waals surface area contributed by atoms with Crippen molar-refractivity contribution in [3.05, 3.63) is 58.7 Å². The van der Waals surface area contributed by atoms with E-state index >= 15 is 0 Å². The molecule has 2 fully saturated rings. The molecule has 2 aliphatic heterocycles. The molecule has 3 amide bonds. The first kappa shape index (κ1) is 30.9. The molecule has 3 aliphatic rings. The van der Waals surface area contributed by atoms with Gasteiger partial charge in [0.2, 0.25) is 5.91 Å². The zero-order valence-corrected chi connectivity index (χ0v) is 25.8. The summed E-state index contributed by atoms with van der Waals surface area (Å²) in [5, 5.41) is 0. The predicted molar refractivity (Wildman–Crippen MR) is 164 cm³/mol. The highest BCUT2D eigenvalue weighted by molar-refractivity contribution is 6.01. The van der Waals surface area contributed by atoms with Crippen molar-refractivity contribution in [2.75, 3.05) is 25.9 Å². The van der Waals surface area contributed by atoms with E-state index in [2.05, 4.69) is 11.8 Å². The van der Waals surface area contributed by atoms with Crippen LogP contribution in [0.15, 0.2) is 36.4 Å². The number of methoxy groups -OCH3 is 1. The number of ether oxygens (including phenoxy) is 2. The number of fused-ring (bicyclic) bond motifs is 1. The van der Waals surface area contributed by atoms with E-state index in [9.17, 15) is 19.2 Å². The Labute approximate surface area is 258 Å². The van der Waals surface area contributed by atoms with Crippen LogP contribution in [0.3, 0.4) is 0 Å². The SMILES string of the molecule is COc1cc(C(=O)N2CCC[C@@]3(C[C@H]3C#Cc3cccc4c3CN([C@@H](CCC(=O)OC(C)(C)C)C(N)=O)C4=O)C2)ccc1N. The standard InChI is InChI=1S/C34H40N4O6/c1-33(2,3)44-29(39)14-13-27(30(36)40)38-19-25-21(7-5-8-24(25)32(38)42)9-11-23-18-34(23)15-6-16-37(20-34)31(41)22-10-12-26(35)28(17-22)43-4/h5,7-8,10,12,17,23,27H,6,13-16,18-20,35H2,1-4H3,(H2,36,40)/t23-,27+,34-/m1/s1. The zero-order valence-electron chi connectivity index (χ0n) is 25.8. The molecule has 1 saturated carbocycles. The molecule has 2 aromatic rings. The normalized spacial score (nSPS) is 21.3. The number of nitrogens with zero attached hydrogens (tertiary/aromatic N) is 2. The Morgan fingerprint density at radius 3 is 2.66 bits per heavy atom. The maximum absolute atomic E-state index is 13.3. The molecule has 10 nitrogen and oxygen atoms in total. The summed E-state index contributed by atoms with van der Waals surface area (Å²) in [6.45, 7) is 6.82. The fourth-order valence-electron chi connectivity index (χ4n) is 6.35. The Morgan fingerprint density at radius 2 is 1.95 bits per heavy atom. The summed E-state index contributed by atoms with van der Waals surface area (Å²) in [5.74, 6) is 5.88. The van der Waals surface area contributed by atoms with Crippen LogP contribution in [-0.2, 0) is 20.9 Å². The summed E-state index contributed by atoms with van der Waals surface area (Å²) in [6, 6.07) is 9.55. The number of hydrogen-bond donors (Lipinski definition) is 2. The van der Waals surface area contributed by atoms with Crippen molar-refractivity contribution in [2.45, 2.75) is 71.1 Å². The Hall–Kier alpha value is -4.52. The molecule has 5 rings (SSSR count). The van der Waals surface area contributed by atoms with Gasteiger partial charge < -0.3 is 30.7 Å². The summed E-state index contributed by atoms with van der Waals surface area (Å²) in [5.41, 5.74) is 13.9. The summed E-state index contributed by atoms with van der Waals surface area (Å²) < 4.78 is 10.7. The highest BCUT2D eigenvalue weighted by Gasteiger charge is 2.55. The number of carbonyl (C=O) groups excluding carboxylic acids is 4. The van der Waals surface area contributed by atoms with Crippen LogP contribution in [0.4, 0.5) is 5.69 Å². The second-order valence-electron chi connectivity index (χ2n) is 13.0. The molecule has 1 spiro atoms. The number of rotatable bonds is 7. The molecular formula is C34H40N4O6. The second-order valence-corrected chi connectivity index (χ2v) is 13.0. The van der Waals surface area contributed by atoms with Crippen molar-refractivity contribution in [3.8, 4) is 17.6 Å². The number of nitrogen functional groups attached to an aromatic ring is 1. The van der Waals surface area contributed by atoms with Gasteiger partial charge in [-0.1, -0.05) is 17.9 Å². The van der Waals surface area contributed by atoms with E-state index in [-0.39, 0.29) is 42.5 Å². The monoisotopic (exact) mass is 600 g/mol. The quantitative estimate of drug-likeness (QED) is 0.281. The maximum Gasteiger partial charge on any atom is 0.306 e. The molecular weight excluding hydrogens is 560 g/mol. The molecule has 1 aliphatic carbocycles. The van der Waals surface area contributed by atoms with Crippen molar-refractivity contribution >= 4 is 29.4 Å². The van der Waals surface area contributed by atoms with Gasteiger partial charge in [-0.05, 0) is 82.3 Å². The van der Waals surface area contributed by atoms with Gasteiger partial charge in [0.05, 0.1) is 12.8 Å². The lowest BCUT2D eigenvalue weighted by atomic mass is 9.91. The van der Waals surface area contributed by atoms with Crippen LogP contribution in [-0.4, -0.2) is 65.3 Å². The van der Waals surface area contributed by atoms with Gasteiger partial charge in [-0.3, -0.25) is 19.2 Å². The molecule has 3 atom stereocenters. The Bertz CT molecular complexity index is 1570. The molecule has 0 aromatic heterocycles. The minimum Gasteiger partial charge on any atom is -0.495 e. The van der Waals surface area contributed by atoms with E-state index < -0.39 is 23.5 Å². The fraction of sp³-hybridized carbons (Fsp3) is 0.471. The van der Waals surface area contributed by atoms with Crippen LogP contribution in [0.25, 0.3) is 0 Å². The first-order valence-corrected chi connectivity index (χ1v) is 15.0. The summed E-state index contributed by atoms with van der Waals surface area (Å²) >= 11 is 0. The van der Waals surface area contributed by atoms with Gasteiger partial charge in [0, 0.05) is 54.1 Å². The fourth-order valence-corrected chi connectivity index (χ4v) is 6.35. The molecule has 2 heterocycles. The first-order chi connectivity index (χ1) is 20.8. The van der Waals surface area contributed by atoms with E-state index in [0.717, 1.165) is 30.4 Å². The molecule has 10 heteroatoms. The van der Waals surface area contributed by atoms with Crippen LogP contribution in [0.1, 0.15) is 84.7 Å². The van der Waals surface area contributed by atoms with Gasteiger partial charge in [-0.15, -0.1) is 0 Å². The Morgan fingerprint density at radius 1 is 1.18 bits per heavy atom. The lowest BCUT2D eigenvalue weighted by molar-refractivity contribution is -0.155. The number of hydrogen-bond acceptors (Lipinski definition) is 7. The van der Waals surface area contributed by atoms with E-state index in [4.69, 9.17) is 20.9 Å². The van der Waals surface area contributed by atoms with Crippen molar-refractivity contribution in [2.24, 2.45) is 17.1 Å².